The minimum Gasteiger partial charge on any atom is -0.310 e. The summed E-state index contributed by atoms with van der Waals surface area (Å²) in [5.74, 6) is 0. The summed E-state index contributed by atoms with van der Waals surface area (Å²) in [6, 6.07) is 9.52. The molecule has 96 valence electrons. The van der Waals surface area contributed by atoms with Crippen molar-refractivity contribution in [3.63, 3.8) is 0 Å². The van der Waals surface area contributed by atoms with Gasteiger partial charge < -0.3 is 5.32 Å². The van der Waals surface area contributed by atoms with Gasteiger partial charge in [-0.15, -0.1) is 0 Å². The number of aryl methyl sites for hydroxylation is 1. The molecule has 1 aromatic carbocycles. The first kappa shape index (κ1) is 14.2. The molecule has 0 amide bonds. The van der Waals surface area contributed by atoms with Crippen molar-refractivity contribution in [2.45, 2.75) is 58.9 Å². The van der Waals surface area contributed by atoms with E-state index in [1.54, 1.807) is 0 Å². The van der Waals surface area contributed by atoms with Crippen molar-refractivity contribution in [3.8, 4) is 0 Å². The molecule has 0 bridgehead atoms. The molecular formula is C16H27N. The Morgan fingerprint density at radius 1 is 1.00 bits per heavy atom. The van der Waals surface area contributed by atoms with Crippen LogP contribution in [0.4, 0.5) is 0 Å². The average Bonchev–Trinajstić information content (AvgIpc) is 2.35. The average molecular weight is 233 g/mol. The van der Waals surface area contributed by atoms with E-state index in [-0.39, 0.29) is 0 Å². The molecule has 1 heteroatoms. The number of rotatable bonds is 8. The lowest BCUT2D eigenvalue weighted by atomic mass is 9.99. The van der Waals surface area contributed by atoms with Crippen molar-refractivity contribution in [1.82, 2.24) is 5.32 Å². The second-order valence-corrected chi connectivity index (χ2v) is 4.91. The van der Waals surface area contributed by atoms with E-state index in [1.165, 1.54) is 43.2 Å². The summed E-state index contributed by atoms with van der Waals surface area (Å²) < 4.78 is 0. The molecule has 0 fully saturated rings. The van der Waals surface area contributed by atoms with Crippen LogP contribution in [0.2, 0.25) is 0 Å². The zero-order chi connectivity index (χ0) is 12.5. The Kier molecular flexibility index (Phi) is 6.95. The molecule has 0 aliphatic heterocycles. The summed E-state index contributed by atoms with van der Waals surface area (Å²) in [7, 11) is 0. The Balaban J connectivity index is 2.57. The fourth-order valence-corrected chi connectivity index (χ4v) is 2.10. The van der Waals surface area contributed by atoms with Gasteiger partial charge in [-0.2, -0.15) is 0 Å². The van der Waals surface area contributed by atoms with Gasteiger partial charge in [0.2, 0.25) is 0 Å². The first-order chi connectivity index (χ1) is 8.27. The Morgan fingerprint density at radius 3 is 2.29 bits per heavy atom. The van der Waals surface area contributed by atoms with Crippen LogP contribution in [0.3, 0.4) is 0 Å². The number of hydrogen-bond donors (Lipinski definition) is 1. The van der Waals surface area contributed by atoms with Crippen LogP contribution in [0, 0.1) is 6.92 Å². The highest BCUT2D eigenvalue weighted by Gasteiger charge is 2.09. The lowest BCUT2D eigenvalue weighted by Crippen LogP contribution is -2.22. The van der Waals surface area contributed by atoms with Gasteiger partial charge in [0.15, 0.2) is 0 Å². The van der Waals surface area contributed by atoms with Gasteiger partial charge in [0, 0.05) is 6.04 Å². The van der Waals surface area contributed by atoms with E-state index in [9.17, 15) is 0 Å². The fraction of sp³-hybridized carbons (Fsp3) is 0.625. The molecule has 1 N–H and O–H groups in total. The van der Waals surface area contributed by atoms with Crippen molar-refractivity contribution < 1.29 is 0 Å². The molecule has 0 aromatic heterocycles. The van der Waals surface area contributed by atoms with Crippen LogP contribution < -0.4 is 5.32 Å². The van der Waals surface area contributed by atoms with Gasteiger partial charge in [0.1, 0.15) is 0 Å². The molecule has 0 radical (unpaired) electrons. The lowest BCUT2D eigenvalue weighted by molar-refractivity contribution is 0.474. The highest BCUT2D eigenvalue weighted by atomic mass is 14.9. The quantitative estimate of drug-likeness (QED) is 0.646. The Labute approximate surface area is 107 Å². The molecule has 17 heavy (non-hydrogen) atoms. The van der Waals surface area contributed by atoms with Crippen molar-refractivity contribution in [1.29, 1.82) is 0 Å². The Bertz CT molecular complexity index is 289. The maximum absolute atomic E-state index is 3.66. The fourth-order valence-electron chi connectivity index (χ4n) is 2.10. The van der Waals surface area contributed by atoms with Gasteiger partial charge in [-0.3, -0.25) is 0 Å². The molecule has 0 aliphatic carbocycles. The molecule has 1 rings (SSSR count). The van der Waals surface area contributed by atoms with E-state index < -0.39 is 0 Å². The van der Waals surface area contributed by atoms with E-state index in [2.05, 4.69) is 50.4 Å². The zero-order valence-electron chi connectivity index (χ0n) is 11.6. The smallest absolute Gasteiger partial charge is 0.0320 e. The molecular weight excluding hydrogens is 206 g/mol. The van der Waals surface area contributed by atoms with Gasteiger partial charge in [-0.25, -0.2) is 0 Å². The van der Waals surface area contributed by atoms with E-state index >= 15 is 0 Å². The Morgan fingerprint density at radius 2 is 1.71 bits per heavy atom. The van der Waals surface area contributed by atoms with Crippen LogP contribution in [-0.2, 0) is 0 Å². The van der Waals surface area contributed by atoms with E-state index in [0.29, 0.717) is 6.04 Å². The Hall–Kier alpha value is -0.820. The largest absolute Gasteiger partial charge is 0.310 e. The summed E-state index contributed by atoms with van der Waals surface area (Å²) >= 11 is 0. The molecule has 1 nitrogen and oxygen atoms in total. The molecule has 0 saturated carbocycles. The summed E-state index contributed by atoms with van der Waals surface area (Å²) in [6.45, 7) is 7.76. The van der Waals surface area contributed by atoms with Gasteiger partial charge in [-0.05, 0) is 31.9 Å². The number of unbranched alkanes of at least 4 members (excludes halogenated alkanes) is 2. The van der Waals surface area contributed by atoms with E-state index in [4.69, 9.17) is 0 Å². The number of benzene rings is 1. The minimum absolute atomic E-state index is 0.544. The van der Waals surface area contributed by atoms with E-state index in [0.717, 1.165) is 6.54 Å². The molecule has 1 atom stereocenters. The summed E-state index contributed by atoms with van der Waals surface area (Å²) in [6.07, 6.45) is 6.43. The van der Waals surface area contributed by atoms with Crippen LogP contribution in [0.15, 0.2) is 24.3 Å². The monoisotopic (exact) mass is 233 g/mol. The van der Waals surface area contributed by atoms with Crippen LogP contribution in [0.5, 0.6) is 0 Å². The highest BCUT2D eigenvalue weighted by Crippen LogP contribution is 2.20. The van der Waals surface area contributed by atoms with Gasteiger partial charge in [0.25, 0.3) is 0 Å². The standard InChI is InChI=1S/C16H27N/c1-4-6-7-8-16(17-13-5-2)15-11-9-14(3)10-12-15/h9-12,16-17H,4-8,13H2,1-3H3. The molecule has 0 spiro atoms. The summed E-state index contributed by atoms with van der Waals surface area (Å²) in [5.41, 5.74) is 2.79. The second kappa shape index (κ2) is 8.30. The highest BCUT2D eigenvalue weighted by molar-refractivity contribution is 5.24. The first-order valence-electron chi connectivity index (χ1n) is 7.07. The third-order valence-corrected chi connectivity index (χ3v) is 3.22. The van der Waals surface area contributed by atoms with Gasteiger partial charge in [-0.1, -0.05) is 62.9 Å². The third-order valence-electron chi connectivity index (χ3n) is 3.22. The number of nitrogens with one attached hydrogen (secondary N) is 1. The topological polar surface area (TPSA) is 12.0 Å². The summed E-state index contributed by atoms with van der Waals surface area (Å²) in [5, 5.41) is 3.66. The van der Waals surface area contributed by atoms with Crippen molar-refractivity contribution >= 4 is 0 Å². The molecule has 0 heterocycles. The van der Waals surface area contributed by atoms with Gasteiger partial charge >= 0.3 is 0 Å². The van der Waals surface area contributed by atoms with Crippen LogP contribution >= 0.6 is 0 Å². The van der Waals surface area contributed by atoms with Crippen LogP contribution in [-0.4, -0.2) is 6.54 Å². The summed E-state index contributed by atoms with van der Waals surface area (Å²) in [4.78, 5) is 0. The van der Waals surface area contributed by atoms with Gasteiger partial charge in [0.05, 0.1) is 0 Å². The van der Waals surface area contributed by atoms with Crippen molar-refractivity contribution in [2.24, 2.45) is 0 Å². The van der Waals surface area contributed by atoms with Crippen LogP contribution in [0.1, 0.15) is 63.1 Å². The van der Waals surface area contributed by atoms with Crippen LogP contribution in [0.25, 0.3) is 0 Å². The predicted molar refractivity (Wildman–Crippen MR) is 76.4 cm³/mol. The lowest BCUT2D eigenvalue weighted by Gasteiger charge is -2.19. The van der Waals surface area contributed by atoms with E-state index in [1.807, 2.05) is 0 Å². The second-order valence-electron chi connectivity index (χ2n) is 4.91. The molecule has 0 saturated heterocycles. The molecule has 1 aromatic rings. The predicted octanol–water partition coefficient (Wildman–Crippen LogP) is 4.62. The van der Waals surface area contributed by atoms with Crippen molar-refractivity contribution in [2.75, 3.05) is 6.54 Å². The maximum Gasteiger partial charge on any atom is 0.0320 e. The third kappa shape index (κ3) is 5.36. The SMILES string of the molecule is CCCCCC(NCCC)c1ccc(C)cc1. The maximum atomic E-state index is 3.66. The first-order valence-corrected chi connectivity index (χ1v) is 7.07. The molecule has 1 unspecified atom stereocenters. The normalized spacial score (nSPS) is 12.6. The zero-order valence-corrected chi connectivity index (χ0v) is 11.6. The van der Waals surface area contributed by atoms with Crippen molar-refractivity contribution in [3.05, 3.63) is 35.4 Å². The molecule has 0 aliphatic rings. The minimum atomic E-state index is 0.544. The number of hydrogen-bond acceptors (Lipinski definition) is 1.